The van der Waals surface area contributed by atoms with Crippen LogP contribution in [-0.2, 0) is 9.53 Å². The van der Waals surface area contributed by atoms with Crippen LogP contribution in [0, 0.1) is 0 Å². The van der Waals surface area contributed by atoms with Crippen molar-refractivity contribution < 1.29 is 23.9 Å². The van der Waals surface area contributed by atoms with Gasteiger partial charge in [0.1, 0.15) is 0 Å². The van der Waals surface area contributed by atoms with Gasteiger partial charge in [0.2, 0.25) is 0 Å². The number of imide groups is 1. The molecule has 2 aromatic rings. The lowest BCUT2D eigenvalue weighted by molar-refractivity contribution is -0.121. The molecule has 3 amide bonds. The van der Waals surface area contributed by atoms with Crippen molar-refractivity contribution >= 4 is 29.4 Å². The zero-order valence-corrected chi connectivity index (χ0v) is 15.3. The highest BCUT2D eigenvalue weighted by Crippen LogP contribution is 2.24. The minimum atomic E-state index is -0.750. The van der Waals surface area contributed by atoms with E-state index in [-0.39, 0.29) is 23.2 Å². The van der Waals surface area contributed by atoms with Crippen molar-refractivity contribution in [1.82, 2.24) is 4.90 Å². The third-order valence-electron chi connectivity index (χ3n) is 4.36. The van der Waals surface area contributed by atoms with Crippen LogP contribution in [0.2, 0.25) is 0 Å². The normalized spacial score (nSPS) is 12.5. The van der Waals surface area contributed by atoms with Crippen LogP contribution in [-0.4, -0.2) is 48.8 Å². The third-order valence-corrected chi connectivity index (χ3v) is 4.36. The van der Waals surface area contributed by atoms with Crippen molar-refractivity contribution in [3.8, 4) is 0 Å². The van der Waals surface area contributed by atoms with Gasteiger partial charge in [-0.3, -0.25) is 19.3 Å². The van der Waals surface area contributed by atoms with Gasteiger partial charge in [-0.15, -0.1) is 6.58 Å². The number of amides is 3. The van der Waals surface area contributed by atoms with E-state index in [4.69, 9.17) is 4.74 Å². The summed E-state index contributed by atoms with van der Waals surface area (Å²) in [6, 6.07) is 13.1. The molecular formula is C21H18N2O5. The molecule has 0 aliphatic carbocycles. The average Bonchev–Trinajstić information content (AvgIpc) is 2.96. The molecule has 7 heteroatoms. The monoisotopic (exact) mass is 378 g/mol. The third kappa shape index (κ3) is 3.55. The van der Waals surface area contributed by atoms with Gasteiger partial charge in [-0.05, 0) is 30.3 Å². The van der Waals surface area contributed by atoms with Crippen LogP contribution in [0.4, 0.5) is 5.69 Å². The fourth-order valence-electron chi connectivity index (χ4n) is 2.82. The maximum atomic E-state index is 12.3. The second-order valence-electron chi connectivity index (χ2n) is 6.13. The Kier molecular flexibility index (Phi) is 5.35. The predicted molar refractivity (Wildman–Crippen MR) is 102 cm³/mol. The fraction of sp³-hybridized carbons (Fsp3) is 0.143. The quantitative estimate of drug-likeness (QED) is 0.437. The molecule has 0 aromatic heterocycles. The Balaban J connectivity index is 1.68. The number of carbonyl (C=O) groups excluding carboxylic acids is 4. The molecule has 2 aromatic carbocycles. The molecule has 0 bridgehead atoms. The van der Waals surface area contributed by atoms with Crippen LogP contribution in [0.5, 0.6) is 0 Å². The number of benzene rings is 2. The summed E-state index contributed by atoms with van der Waals surface area (Å²) in [5.74, 6) is -2.07. The number of ether oxygens (including phenoxy) is 1. The standard InChI is InChI=1S/C21H18N2O5/c1-3-11-23-19(25)16-10-9-14(12-17(16)20(23)26)21(27)28-13-18(24)22(2)15-7-5-4-6-8-15/h3-10,12H,1,11,13H2,2H3. The molecule has 142 valence electrons. The number of anilines is 1. The minimum absolute atomic E-state index is 0.0897. The van der Waals surface area contributed by atoms with Crippen LogP contribution in [0.3, 0.4) is 0 Å². The van der Waals surface area contributed by atoms with Crippen LogP contribution < -0.4 is 4.90 Å². The molecule has 0 saturated heterocycles. The number of para-hydroxylation sites is 1. The molecule has 0 atom stereocenters. The van der Waals surface area contributed by atoms with Gasteiger partial charge in [-0.1, -0.05) is 24.3 Å². The number of hydrogen-bond acceptors (Lipinski definition) is 5. The average molecular weight is 378 g/mol. The van der Waals surface area contributed by atoms with E-state index in [1.54, 1.807) is 31.3 Å². The maximum absolute atomic E-state index is 12.3. The summed E-state index contributed by atoms with van der Waals surface area (Å²) in [5, 5.41) is 0. The van der Waals surface area contributed by atoms with Gasteiger partial charge in [0.25, 0.3) is 17.7 Å². The lowest BCUT2D eigenvalue weighted by Gasteiger charge is -2.17. The molecule has 1 aliphatic heterocycles. The van der Waals surface area contributed by atoms with Crippen LogP contribution in [0.25, 0.3) is 0 Å². The SMILES string of the molecule is C=CCN1C(=O)c2ccc(C(=O)OCC(=O)N(C)c3ccccc3)cc2C1=O. The lowest BCUT2D eigenvalue weighted by Crippen LogP contribution is -2.31. The second kappa shape index (κ2) is 7.87. The first-order chi connectivity index (χ1) is 13.4. The van der Waals surface area contributed by atoms with Gasteiger partial charge in [0.15, 0.2) is 6.61 Å². The Morgan fingerprint density at radius 1 is 1.07 bits per heavy atom. The summed E-state index contributed by atoms with van der Waals surface area (Å²) in [4.78, 5) is 51.4. The minimum Gasteiger partial charge on any atom is -0.452 e. The van der Waals surface area contributed by atoms with Crippen molar-refractivity contribution in [3.63, 3.8) is 0 Å². The van der Waals surface area contributed by atoms with Crippen molar-refractivity contribution in [2.45, 2.75) is 0 Å². The van der Waals surface area contributed by atoms with E-state index < -0.39 is 30.3 Å². The summed E-state index contributed by atoms with van der Waals surface area (Å²) < 4.78 is 5.07. The maximum Gasteiger partial charge on any atom is 0.338 e. The van der Waals surface area contributed by atoms with E-state index in [0.717, 1.165) is 4.90 Å². The van der Waals surface area contributed by atoms with E-state index >= 15 is 0 Å². The van der Waals surface area contributed by atoms with E-state index in [1.807, 2.05) is 6.07 Å². The Labute approximate surface area is 161 Å². The summed E-state index contributed by atoms with van der Waals surface area (Å²) in [6.07, 6.45) is 1.45. The fourth-order valence-corrected chi connectivity index (χ4v) is 2.82. The molecule has 0 saturated carbocycles. The molecular weight excluding hydrogens is 360 g/mol. The van der Waals surface area contributed by atoms with Crippen molar-refractivity contribution in [2.75, 3.05) is 25.1 Å². The van der Waals surface area contributed by atoms with E-state index in [0.29, 0.717) is 5.69 Å². The molecule has 0 N–H and O–H groups in total. The highest BCUT2D eigenvalue weighted by atomic mass is 16.5. The van der Waals surface area contributed by atoms with Gasteiger partial charge < -0.3 is 9.64 Å². The molecule has 1 heterocycles. The van der Waals surface area contributed by atoms with Crippen molar-refractivity contribution in [2.24, 2.45) is 0 Å². The second-order valence-corrected chi connectivity index (χ2v) is 6.13. The Morgan fingerprint density at radius 3 is 2.43 bits per heavy atom. The van der Waals surface area contributed by atoms with E-state index in [9.17, 15) is 19.2 Å². The van der Waals surface area contributed by atoms with Gasteiger partial charge in [-0.2, -0.15) is 0 Å². The van der Waals surface area contributed by atoms with E-state index in [1.165, 1.54) is 29.2 Å². The zero-order chi connectivity index (χ0) is 20.3. The number of rotatable bonds is 6. The number of fused-ring (bicyclic) bond motifs is 1. The molecule has 7 nitrogen and oxygen atoms in total. The molecule has 0 unspecified atom stereocenters. The molecule has 0 spiro atoms. The summed E-state index contributed by atoms with van der Waals surface area (Å²) in [7, 11) is 1.58. The van der Waals surface area contributed by atoms with Crippen LogP contribution >= 0.6 is 0 Å². The largest absolute Gasteiger partial charge is 0.452 e. The zero-order valence-electron chi connectivity index (χ0n) is 15.3. The molecule has 1 aliphatic rings. The topological polar surface area (TPSA) is 84.0 Å². The number of likely N-dealkylation sites (N-methyl/N-ethyl adjacent to an activating group) is 1. The highest BCUT2D eigenvalue weighted by molar-refractivity contribution is 6.22. The van der Waals surface area contributed by atoms with Gasteiger partial charge >= 0.3 is 5.97 Å². The Hall–Kier alpha value is -3.74. The lowest BCUT2D eigenvalue weighted by atomic mass is 10.1. The Bertz CT molecular complexity index is 968. The number of hydrogen-bond donors (Lipinski definition) is 0. The van der Waals surface area contributed by atoms with Gasteiger partial charge in [0, 0.05) is 19.3 Å². The summed E-state index contributed by atoms with van der Waals surface area (Å²) in [5.41, 5.74) is 1.13. The van der Waals surface area contributed by atoms with Crippen molar-refractivity contribution in [1.29, 1.82) is 0 Å². The highest BCUT2D eigenvalue weighted by Gasteiger charge is 2.35. The van der Waals surface area contributed by atoms with Gasteiger partial charge in [0.05, 0.1) is 16.7 Å². The predicted octanol–water partition coefficient (Wildman–Crippen LogP) is 2.29. The summed E-state index contributed by atoms with van der Waals surface area (Å²) >= 11 is 0. The summed E-state index contributed by atoms with van der Waals surface area (Å²) in [6.45, 7) is 3.16. The Morgan fingerprint density at radius 2 is 1.75 bits per heavy atom. The first kappa shape index (κ1) is 19.0. The smallest absolute Gasteiger partial charge is 0.338 e. The van der Waals surface area contributed by atoms with Crippen LogP contribution in [0.15, 0.2) is 61.2 Å². The van der Waals surface area contributed by atoms with E-state index in [2.05, 4.69) is 6.58 Å². The molecule has 3 rings (SSSR count). The first-order valence-electron chi connectivity index (χ1n) is 8.54. The van der Waals surface area contributed by atoms with Gasteiger partial charge in [-0.25, -0.2) is 4.79 Å². The molecule has 0 radical (unpaired) electrons. The number of esters is 1. The number of carbonyl (C=O) groups is 4. The van der Waals surface area contributed by atoms with Crippen molar-refractivity contribution in [3.05, 3.63) is 77.9 Å². The molecule has 28 heavy (non-hydrogen) atoms. The number of nitrogens with zero attached hydrogens (tertiary/aromatic N) is 2. The first-order valence-corrected chi connectivity index (χ1v) is 8.54. The molecule has 0 fully saturated rings. The van der Waals surface area contributed by atoms with Crippen LogP contribution in [0.1, 0.15) is 31.1 Å².